The maximum atomic E-state index is 9.74. The minimum atomic E-state index is 0.0847. The molecule has 1 aromatic carbocycles. The van der Waals surface area contributed by atoms with E-state index in [9.17, 15) is 5.11 Å². The van der Waals surface area contributed by atoms with Gasteiger partial charge in [0.05, 0.1) is 5.02 Å². The highest BCUT2D eigenvalue weighted by molar-refractivity contribution is 7.19. The fraction of sp³-hybridized carbons (Fsp3) is 0.529. The smallest absolute Gasteiger partial charge is 0.0636 e. The van der Waals surface area contributed by atoms with E-state index in [0.717, 1.165) is 36.3 Å². The summed E-state index contributed by atoms with van der Waals surface area (Å²) in [6.07, 6.45) is 6.06. The van der Waals surface area contributed by atoms with Crippen LogP contribution in [0, 0.1) is 5.41 Å². The molecule has 0 radical (unpaired) electrons. The van der Waals surface area contributed by atoms with Crippen LogP contribution >= 0.6 is 22.9 Å². The van der Waals surface area contributed by atoms with E-state index in [0.29, 0.717) is 6.61 Å². The van der Waals surface area contributed by atoms with Gasteiger partial charge in [-0.2, -0.15) is 0 Å². The molecular formula is C17H22ClNOS. The maximum absolute atomic E-state index is 9.74. The van der Waals surface area contributed by atoms with Crippen LogP contribution in [0.15, 0.2) is 24.3 Å². The summed E-state index contributed by atoms with van der Waals surface area (Å²) in [6.45, 7) is 1.97. The first-order valence-electron chi connectivity index (χ1n) is 7.72. The van der Waals surface area contributed by atoms with Gasteiger partial charge < -0.3 is 10.4 Å². The Kier molecular flexibility index (Phi) is 4.85. The Balaban J connectivity index is 1.65. The molecule has 0 aliphatic heterocycles. The SMILES string of the molecule is OCC1(CNCc2sc3ccccc3c2Cl)CCCCC1. The van der Waals surface area contributed by atoms with Crippen molar-refractivity contribution in [1.82, 2.24) is 5.32 Å². The molecule has 1 aromatic heterocycles. The number of thiophene rings is 1. The molecule has 2 aromatic rings. The number of halogens is 1. The average Bonchev–Trinajstić information content (AvgIpc) is 2.85. The molecule has 114 valence electrons. The fourth-order valence-corrected chi connectivity index (χ4v) is 4.78. The number of rotatable bonds is 5. The number of nitrogens with one attached hydrogen (secondary N) is 1. The van der Waals surface area contributed by atoms with Gasteiger partial charge in [0.1, 0.15) is 0 Å². The molecule has 1 aliphatic rings. The summed E-state index contributed by atoms with van der Waals surface area (Å²) in [5, 5.41) is 15.3. The topological polar surface area (TPSA) is 32.3 Å². The molecule has 1 fully saturated rings. The zero-order chi connectivity index (χ0) is 14.7. The van der Waals surface area contributed by atoms with Gasteiger partial charge in [-0.05, 0) is 18.9 Å². The lowest BCUT2D eigenvalue weighted by Crippen LogP contribution is -2.38. The van der Waals surface area contributed by atoms with Gasteiger partial charge in [0.15, 0.2) is 0 Å². The van der Waals surface area contributed by atoms with Crippen LogP contribution in [0.4, 0.5) is 0 Å². The fourth-order valence-electron chi connectivity index (χ4n) is 3.31. The van der Waals surface area contributed by atoms with E-state index in [2.05, 4.69) is 23.5 Å². The Morgan fingerprint density at radius 3 is 2.67 bits per heavy atom. The molecule has 0 amide bonds. The van der Waals surface area contributed by atoms with Crippen molar-refractivity contribution in [2.45, 2.75) is 38.6 Å². The number of hydrogen-bond donors (Lipinski definition) is 2. The van der Waals surface area contributed by atoms with Gasteiger partial charge in [-0.3, -0.25) is 0 Å². The molecule has 1 aliphatic carbocycles. The number of hydrogen-bond acceptors (Lipinski definition) is 3. The van der Waals surface area contributed by atoms with Crippen molar-refractivity contribution in [3.8, 4) is 0 Å². The molecule has 2 N–H and O–H groups in total. The second-order valence-electron chi connectivity index (χ2n) is 6.16. The third kappa shape index (κ3) is 3.26. The Morgan fingerprint density at radius 2 is 1.95 bits per heavy atom. The van der Waals surface area contributed by atoms with Crippen LogP contribution in [-0.4, -0.2) is 18.3 Å². The van der Waals surface area contributed by atoms with Gasteiger partial charge >= 0.3 is 0 Å². The van der Waals surface area contributed by atoms with Crippen molar-refractivity contribution in [2.75, 3.05) is 13.2 Å². The molecule has 0 unspecified atom stereocenters. The Morgan fingerprint density at radius 1 is 1.19 bits per heavy atom. The highest BCUT2D eigenvalue weighted by Gasteiger charge is 2.30. The molecular weight excluding hydrogens is 302 g/mol. The molecule has 0 spiro atoms. The summed E-state index contributed by atoms with van der Waals surface area (Å²) in [4.78, 5) is 1.20. The summed E-state index contributed by atoms with van der Waals surface area (Å²) >= 11 is 8.23. The summed E-state index contributed by atoms with van der Waals surface area (Å²) in [6, 6.07) is 8.27. The predicted molar refractivity (Wildman–Crippen MR) is 91.1 cm³/mol. The van der Waals surface area contributed by atoms with Crippen molar-refractivity contribution in [2.24, 2.45) is 5.41 Å². The molecule has 0 bridgehead atoms. The highest BCUT2D eigenvalue weighted by Crippen LogP contribution is 2.37. The van der Waals surface area contributed by atoms with Crippen molar-refractivity contribution < 1.29 is 5.11 Å². The first-order valence-corrected chi connectivity index (χ1v) is 8.91. The van der Waals surface area contributed by atoms with Crippen molar-refractivity contribution in [1.29, 1.82) is 0 Å². The second kappa shape index (κ2) is 6.66. The number of aliphatic hydroxyl groups is 1. The number of benzene rings is 1. The van der Waals surface area contributed by atoms with E-state index in [1.54, 1.807) is 11.3 Å². The standard InChI is InChI=1S/C17H22ClNOS/c18-16-13-6-2-3-7-14(13)21-15(16)10-19-11-17(12-20)8-4-1-5-9-17/h2-3,6-7,19-20H,1,4-5,8-12H2. The van der Waals surface area contributed by atoms with Crippen LogP contribution in [0.25, 0.3) is 10.1 Å². The Bertz CT molecular complexity index is 604. The number of fused-ring (bicyclic) bond motifs is 1. The minimum Gasteiger partial charge on any atom is -0.396 e. The van der Waals surface area contributed by atoms with Gasteiger partial charge in [0.25, 0.3) is 0 Å². The lowest BCUT2D eigenvalue weighted by molar-refractivity contribution is 0.0811. The van der Waals surface area contributed by atoms with E-state index >= 15 is 0 Å². The molecule has 1 heterocycles. The highest BCUT2D eigenvalue weighted by atomic mass is 35.5. The van der Waals surface area contributed by atoms with Crippen LogP contribution < -0.4 is 5.32 Å². The largest absolute Gasteiger partial charge is 0.396 e. The van der Waals surface area contributed by atoms with Gasteiger partial charge in [0, 0.05) is 40.1 Å². The molecule has 0 saturated heterocycles. The van der Waals surface area contributed by atoms with Crippen LogP contribution in [0.1, 0.15) is 37.0 Å². The van der Waals surface area contributed by atoms with Crippen molar-refractivity contribution in [3.63, 3.8) is 0 Å². The van der Waals surface area contributed by atoms with E-state index < -0.39 is 0 Å². The summed E-state index contributed by atoms with van der Waals surface area (Å²) < 4.78 is 1.24. The first-order chi connectivity index (χ1) is 10.2. The lowest BCUT2D eigenvalue weighted by atomic mass is 9.74. The third-order valence-corrected chi connectivity index (χ3v) is 6.35. The Labute approximate surface area is 135 Å². The van der Waals surface area contributed by atoms with E-state index in [4.69, 9.17) is 11.6 Å². The van der Waals surface area contributed by atoms with Gasteiger partial charge in [-0.25, -0.2) is 0 Å². The normalized spacial score (nSPS) is 18.2. The molecule has 2 nitrogen and oxygen atoms in total. The molecule has 1 saturated carbocycles. The monoisotopic (exact) mass is 323 g/mol. The summed E-state index contributed by atoms with van der Waals surface area (Å²) in [5.74, 6) is 0. The summed E-state index contributed by atoms with van der Waals surface area (Å²) in [5.41, 5.74) is 0.0847. The first kappa shape index (κ1) is 15.3. The van der Waals surface area contributed by atoms with Crippen LogP contribution in [-0.2, 0) is 6.54 Å². The predicted octanol–water partition coefficient (Wildman–Crippen LogP) is 4.59. The number of aliphatic hydroxyl groups excluding tert-OH is 1. The van der Waals surface area contributed by atoms with E-state index in [1.165, 1.54) is 28.8 Å². The van der Waals surface area contributed by atoms with Crippen molar-refractivity contribution in [3.05, 3.63) is 34.2 Å². The van der Waals surface area contributed by atoms with Crippen LogP contribution in [0.3, 0.4) is 0 Å². The average molecular weight is 324 g/mol. The zero-order valence-electron chi connectivity index (χ0n) is 12.2. The van der Waals surface area contributed by atoms with E-state index in [-0.39, 0.29) is 5.41 Å². The maximum Gasteiger partial charge on any atom is 0.0636 e. The van der Waals surface area contributed by atoms with Gasteiger partial charge in [-0.1, -0.05) is 49.1 Å². The van der Waals surface area contributed by atoms with Crippen LogP contribution in [0.5, 0.6) is 0 Å². The van der Waals surface area contributed by atoms with Crippen molar-refractivity contribution >= 4 is 33.0 Å². The molecule has 3 rings (SSSR count). The summed E-state index contributed by atoms with van der Waals surface area (Å²) in [7, 11) is 0. The van der Waals surface area contributed by atoms with E-state index in [1.807, 2.05) is 6.07 Å². The zero-order valence-corrected chi connectivity index (χ0v) is 13.8. The van der Waals surface area contributed by atoms with Gasteiger partial charge in [-0.15, -0.1) is 11.3 Å². The van der Waals surface area contributed by atoms with Gasteiger partial charge in [0.2, 0.25) is 0 Å². The third-order valence-electron chi connectivity index (χ3n) is 4.64. The molecule has 4 heteroatoms. The molecule has 0 atom stereocenters. The minimum absolute atomic E-state index is 0.0847. The Hall–Kier alpha value is -0.610. The lowest BCUT2D eigenvalue weighted by Gasteiger charge is -2.35. The second-order valence-corrected chi connectivity index (χ2v) is 7.67. The quantitative estimate of drug-likeness (QED) is 0.843. The van der Waals surface area contributed by atoms with Crippen LogP contribution in [0.2, 0.25) is 5.02 Å². The molecule has 21 heavy (non-hydrogen) atoms.